The summed E-state index contributed by atoms with van der Waals surface area (Å²) in [6.07, 6.45) is 1.72. The van der Waals surface area contributed by atoms with E-state index in [0.717, 1.165) is 28.3 Å². The van der Waals surface area contributed by atoms with E-state index in [1.165, 1.54) is 0 Å². The normalized spacial score (nSPS) is 11.7. The number of pyridine rings is 1. The molecule has 1 aromatic heterocycles. The van der Waals surface area contributed by atoms with Gasteiger partial charge in [-0.1, -0.05) is 30.3 Å². The topological polar surface area (TPSA) is 31.4 Å². The highest BCUT2D eigenvalue weighted by Gasteiger charge is 2.13. The van der Waals surface area contributed by atoms with Crippen molar-refractivity contribution in [3.8, 4) is 22.8 Å². The molecule has 0 aliphatic heterocycles. The van der Waals surface area contributed by atoms with E-state index >= 15 is 0 Å². The predicted octanol–water partition coefficient (Wildman–Crippen LogP) is 4.90. The maximum atomic E-state index is 6.08. The van der Waals surface area contributed by atoms with Gasteiger partial charge in [0.2, 0.25) is 0 Å². The van der Waals surface area contributed by atoms with Crippen LogP contribution in [0.25, 0.3) is 11.3 Å². The van der Waals surface area contributed by atoms with Crippen LogP contribution >= 0.6 is 0 Å². The molecule has 3 rings (SSSR count). The number of hydrogen-bond acceptors (Lipinski definition) is 3. The zero-order chi connectivity index (χ0) is 16.1. The second-order valence-electron chi connectivity index (χ2n) is 5.24. The average molecular weight is 305 g/mol. The first-order valence-corrected chi connectivity index (χ1v) is 7.59. The predicted molar refractivity (Wildman–Crippen MR) is 91.7 cm³/mol. The van der Waals surface area contributed by atoms with Gasteiger partial charge in [0.1, 0.15) is 17.6 Å². The zero-order valence-corrected chi connectivity index (χ0v) is 13.3. The number of methoxy groups -OCH3 is 1. The number of ether oxygens (including phenoxy) is 2. The third-order valence-electron chi connectivity index (χ3n) is 3.71. The summed E-state index contributed by atoms with van der Waals surface area (Å²) >= 11 is 0. The molecule has 0 aliphatic rings. The van der Waals surface area contributed by atoms with E-state index in [1.807, 2.05) is 61.5 Å². The van der Waals surface area contributed by atoms with Crippen molar-refractivity contribution in [1.82, 2.24) is 4.98 Å². The zero-order valence-electron chi connectivity index (χ0n) is 13.3. The van der Waals surface area contributed by atoms with E-state index < -0.39 is 0 Å². The van der Waals surface area contributed by atoms with Gasteiger partial charge in [-0.2, -0.15) is 0 Å². The van der Waals surface area contributed by atoms with Crippen molar-refractivity contribution in [3.63, 3.8) is 0 Å². The number of aromatic nitrogens is 1. The second kappa shape index (κ2) is 6.97. The summed E-state index contributed by atoms with van der Waals surface area (Å²) in [7, 11) is 1.65. The first kappa shape index (κ1) is 15.1. The lowest BCUT2D eigenvalue weighted by Crippen LogP contribution is -2.05. The highest BCUT2D eigenvalue weighted by Crippen LogP contribution is 2.30. The van der Waals surface area contributed by atoms with Gasteiger partial charge in [0.25, 0.3) is 0 Å². The number of benzene rings is 2. The average Bonchev–Trinajstić information content (AvgIpc) is 2.63. The quantitative estimate of drug-likeness (QED) is 0.672. The van der Waals surface area contributed by atoms with Gasteiger partial charge in [-0.05, 0) is 43.3 Å². The molecule has 0 N–H and O–H groups in total. The molecule has 116 valence electrons. The first-order valence-electron chi connectivity index (χ1n) is 7.59. The summed E-state index contributed by atoms with van der Waals surface area (Å²) < 4.78 is 11.3. The maximum Gasteiger partial charge on any atom is 0.122 e. The van der Waals surface area contributed by atoms with Crippen molar-refractivity contribution in [3.05, 3.63) is 78.5 Å². The SMILES string of the molecule is COc1ccc(OC(C)c2ccccc2-c2ccccn2)cc1. The molecule has 1 unspecified atom stereocenters. The van der Waals surface area contributed by atoms with Crippen LogP contribution in [0, 0.1) is 0 Å². The fourth-order valence-corrected chi connectivity index (χ4v) is 2.53. The van der Waals surface area contributed by atoms with Crippen molar-refractivity contribution in [2.75, 3.05) is 7.11 Å². The molecule has 0 bridgehead atoms. The van der Waals surface area contributed by atoms with E-state index in [0.29, 0.717) is 0 Å². The number of nitrogens with zero attached hydrogens (tertiary/aromatic N) is 1. The van der Waals surface area contributed by atoms with E-state index in [2.05, 4.69) is 17.1 Å². The van der Waals surface area contributed by atoms with Gasteiger partial charge in [-0.3, -0.25) is 4.98 Å². The van der Waals surface area contributed by atoms with Crippen molar-refractivity contribution in [1.29, 1.82) is 0 Å². The van der Waals surface area contributed by atoms with E-state index in [4.69, 9.17) is 9.47 Å². The summed E-state index contributed by atoms with van der Waals surface area (Å²) in [5.41, 5.74) is 3.16. The van der Waals surface area contributed by atoms with Crippen molar-refractivity contribution < 1.29 is 9.47 Å². The van der Waals surface area contributed by atoms with Gasteiger partial charge in [0, 0.05) is 17.3 Å². The molecule has 0 spiro atoms. The smallest absolute Gasteiger partial charge is 0.122 e. The number of rotatable bonds is 5. The van der Waals surface area contributed by atoms with Gasteiger partial charge >= 0.3 is 0 Å². The van der Waals surface area contributed by atoms with Crippen LogP contribution in [0.15, 0.2) is 72.9 Å². The third-order valence-corrected chi connectivity index (χ3v) is 3.71. The summed E-state index contributed by atoms with van der Waals surface area (Å²) in [6, 6.07) is 21.8. The minimum atomic E-state index is -0.0819. The van der Waals surface area contributed by atoms with Crippen molar-refractivity contribution in [2.45, 2.75) is 13.0 Å². The highest BCUT2D eigenvalue weighted by molar-refractivity contribution is 5.64. The van der Waals surface area contributed by atoms with Gasteiger partial charge in [0.05, 0.1) is 12.8 Å². The summed E-state index contributed by atoms with van der Waals surface area (Å²) in [5, 5.41) is 0. The van der Waals surface area contributed by atoms with Crippen molar-refractivity contribution >= 4 is 0 Å². The molecule has 1 heterocycles. The molecule has 0 radical (unpaired) electrons. The minimum absolute atomic E-state index is 0.0819. The Kier molecular flexibility index (Phi) is 4.57. The van der Waals surface area contributed by atoms with Gasteiger partial charge < -0.3 is 9.47 Å². The first-order chi connectivity index (χ1) is 11.3. The Hall–Kier alpha value is -2.81. The molecule has 3 nitrogen and oxygen atoms in total. The van der Waals surface area contributed by atoms with Gasteiger partial charge in [-0.25, -0.2) is 0 Å². The second-order valence-corrected chi connectivity index (χ2v) is 5.24. The molecule has 1 atom stereocenters. The summed E-state index contributed by atoms with van der Waals surface area (Å²) in [5.74, 6) is 1.63. The molecule has 0 saturated carbocycles. The molecular weight excluding hydrogens is 286 g/mol. The van der Waals surface area contributed by atoms with Crippen LogP contribution in [-0.2, 0) is 0 Å². The number of hydrogen-bond donors (Lipinski definition) is 0. The van der Waals surface area contributed by atoms with Crippen LogP contribution in [0.2, 0.25) is 0 Å². The summed E-state index contributed by atoms with van der Waals surface area (Å²) in [4.78, 5) is 4.45. The van der Waals surface area contributed by atoms with Gasteiger partial charge in [-0.15, -0.1) is 0 Å². The van der Waals surface area contributed by atoms with E-state index in [9.17, 15) is 0 Å². The molecule has 3 aromatic rings. The Balaban J connectivity index is 1.86. The van der Waals surface area contributed by atoms with Crippen molar-refractivity contribution in [2.24, 2.45) is 0 Å². The summed E-state index contributed by atoms with van der Waals surface area (Å²) in [6.45, 7) is 2.05. The minimum Gasteiger partial charge on any atom is -0.497 e. The molecule has 0 amide bonds. The lowest BCUT2D eigenvalue weighted by Gasteiger charge is -2.18. The monoisotopic (exact) mass is 305 g/mol. The van der Waals surface area contributed by atoms with Crippen LogP contribution in [0.5, 0.6) is 11.5 Å². The molecule has 2 aromatic carbocycles. The highest BCUT2D eigenvalue weighted by atomic mass is 16.5. The molecular formula is C20H19NO2. The Labute approximate surface area is 136 Å². The molecule has 23 heavy (non-hydrogen) atoms. The van der Waals surface area contributed by atoms with Crippen LogP contribution in [0.4, 0.5) is 0 Å². The van der Waals surface area contributed by atoms with Crippen LogP contribution in [0.3, 0.4) is 0 Å². The Morgan fingerprint density at radius 2 is 1.52 bits per heavy atom. The van der Waals surface area contributed by atoms with Crippen LogP contribution < -0.4 is 9.47 Å². The lowest BCUT2D eigenvalue weighted by molar-refractivity contribution is 0.227. The van der Waals surface area contributed by atoms with Gasteiger partial charge in [0.15, 0.2) is 0 Å². The largest absolute Gasteiger partial charge is 0.497 e. The van der Waals surface area contributed by atoms with E-state index in [-0.39, 0.29) is 6.10 Å². The molecule has 0 saturated heterocycles. The van der Waals surface area contributed by atoms with Crippen LogP contribution in [0.1, 0.15) is 18.6 Å². The molecule has 0 aliphatic carbocycles. The van der Waals surface area contributed by atoms with Crippen LogP contribution in [-0.4, -0.2) is 12.1 Å². The lowest BCUT2D eigenvalue weighted by atomic mass is 10.00. The maximum absolute atomic E-state index is 6.08. The molecule has 0 fully saturated rings. The molecule has 3 heteroatoms. The van der Waals surface area contributed by atoms with E-state index in [1.54, 1.807) is 13.3 Å². The standard InChI is InChI=1S/C20H19NO2/c1-15(23-17-12-10-16(22-2)11-13-17)18-7-3-4-8-19(18)20-9-5-6-14-21-20/h3-15H,1-2H3. The Bertz CT molecular complexity index is 754. The Morgan fingerprint density at radius 3 is 2.22 bits per heavy atom. The third kappa shape index (κ3) is 3.51. The fraction of sp³-hybridized carbons (Fsp3) is 0.150. The Morgan fingerprint density at radius 1 is 0.826 bits per heavy atom. The fourth-order valence-electron chi connectivity index (χ4n) is 2.53.